The summed E-state index contributed by atoms with van der Waals surface area (Å²) in [6.07, 6.45) is 0. The molecule has 0 aliphatic carbocycles. The van der Waals surface area contributed by atoms with E-state index in [-0.39, 0.29) is 5.92 Å². The number of ether oxygens (including phenoxy) is 1. The minimum Gasteiger partial charge on any atom is -0.489 e. The summed E-state index contributed by atoms with van der Waals surface area (Å²) in [5.74, 6) is 0.740. The second kappa shape index (κ2) is 6.71. The molecule has 5 N–H and O–H groups in total. The number of benzene rings is 2. The summed E-state index contributed by atoms with van der Waals surface area (Å²) < 4.78 is 5.83. The fraction of sp³-hybridized carbons (Fsp3) is 0.200. The van der Waals surface area contributed by atoms with Crippen LogP contribution in [0.15, 0.2) is 77.4 Å². The Morgan fingerprint density at radius 2 is 1.46 bits per heavy atom. The second-order valence-electron chi connectivity index (χ2n) is 6.06. The highest BCUT2D eigenvalue weighted by Gasteiger charge is 2.25. The van der Waals surface area contributed by atoms with E-state index >= 15 is 0 Å². The number of nitrogens with two attached hydrogens (primary N) is 2. The molecule has 1 aliphatic rings. The van der Waals surface area contributed by atoms with Gasteiger partial charge in [0.15, 0.2) is 0 Å². The molecule has 124 valence electrons. The number of rotatable bonds is 4. The number of hydrogen-bond acceptors (Lipinski definition) is 4. The first kappa shape index (κ1) is 16.0. The van der Waals surface area contributed by atoms with E-state index in [1.165, 1.54) is 0 Å². The van der Waals surface area contributed by atoms with Crippen molar-refractivity contribution in [3.8, 4) is 5.75 Å². The van der Waals surface area contributed by atoms with E-state index in [1.807, 2.05) is 68.4 Å². The third-order valence-electron chi connectivity index (χ3n) is 4.32. The van der Waals surface area contributed by atoms with Crippen LogP contribution in [0.5, 0.6) is 5.75 Å². The van der Waals surface area contributed by atoms with Crippen molar-refractivity contribution in [3.63, 3.8) is 0 Å². The van der Waals surface area contributed by atoms with Crippen molar-refractivity contribution in [2.75, 3.05) is 0 Å². The van der Waals surface area contributed by atoms with Crippen molar-refractivity contribution in [1.82, 2.24) is 5.32 Å². The molecule has 1 aliphatic heterocycles. The van der Waals surface area contributed by atoms with Crippen molar-refractivity contribution in [3.05, 3.63) is 88.5 Å². The molecule has 0 fully saturated rings. The fourth-order valence-electron chi connectivity index (χ4n) is 2.88. The molecule has 4 nitrogen and oxygen atoms in total. The highest BCUT2D eigenvalue weighted by atomic mass is 16.5. The van der Waals surface area contributed by atoms with E-state index in [2.05, 4.69) is 5.32 Å². The van der Waals surface area contributed by atoms with Gasteiger partial charge in [-0.1, -0.05) is 42.5 Å². The van der Waals surface area contributed by atoms with E-state index in [0.717, 1.165) is 39.7 Å². The molecule has 0 radical (unpaired) electrons. The van der Waals surface area contributed by atoms with Gasteiger partial charge in [0, 0.05) is 22.8 Å². The molecule has 3 rings (SSSR count). The Bertz CT molecular complexity index is 752. The zero-order chi connectivity index (χ0) is 17.1. The number of nitrogens with one attached hydrogen (secondary N) is 1. The Labute approximate surface area is 142 Å². The van der Waals surface area contributed by atoms with Crippen LogP contribution in [0.3, 0.4) is 0 Å². The number of allylic oxidation sites excluding steroid dienone is 2. The second-order valence-corrected chi connectivity index (χ2v) is 6.06. The molecule has 1 heterocycles. The molecule has 0 aromatic heterocycles. The monoisotopic (exact) mass is 321 g/mol. The Morgan fingerprint density at radius 1 is 0.875 bits per heavy atom. The zero-order valence-electron chi connectivity index (χ0n) is 14.0. The van der Waals surface area contributed by atoms with E-state index in [9.17, 15) is 0 Å². The molecule has 0 atom stereocenters. The van der Waals surface area contributed by atoms with Crippen LogP contribution in [0, 0.1) is 0 Å². The van der Waals surface area contributed by atoms with Gasteiger partial charge in [-0.2, -0.15) is 0 Å². The number of dihydropyridines is 1. The summed E-state index contributed by atoms with van der Waals surface area (Å²) in [5.41, 5.74) is 18.1. The highest BCUT2D eigenvalue weighted by molar-refractivity contribution is 5.44. The first-order valence-electron chi connectivity index (χ1n) is 8.02. The molecule has 0 unspecified atom stereocenters. The quantitative estimate of drug-likeness (QED) is 0.807. The minimum atomic E-state index is -0.0885. The smallest absolute Gasteiger partial charge is 0.119 e. The Kier molecular flexibility index (Phi) is 4.47. The maximum atomic E-state index is 6.25. The number of hydrogen-bond donors (Lipinski definition) is 3. The summed E-state index contributed by atoms with van der Waals surface area (Å²) in [5, 5.41) is 3.21. The van der Waals surface area contributed by atoms with Crippen molar-refractivity contribution in [2.45, 2.75) is 26.4 Å². The Hall–Kier alpha value is -2.88. The normalized spacial score (nSPS) is 15.4. The molecule has 0 bridgehead atoms. The van der Waals surface area contributed by atoms with Gasteiger partial charge in [0.25, 0.3) is 0 Å². The van der Waals surface area contributed by atoms with E-state index in [1.54, 1.807) is 0 Å². The third-order valence-corrected chi connectivity index (χ3v) is 4.32. The molecule has 0 saturated heterocycles. The minimum absolute atomic E-state index is 0.0885. The van der Waals surface area contributed by atoms with Crippen LogP contribution in [0.2, 0.25) is 0 Å². The predicted molar refractivity (Wildman–Crippen MR) is 96.9 cm³/mol. The maximum Gasteiger partial charge on any atom is 0.119 e. The Balaban J connectivity index is 1.75. The summed E-state index contributed by atoms with van der Waals surface area (Å²) in [4.78, 5) is 0. The first-order valence-corrected chi connectivity index (χ1v) is 8.02. The van der Waals surface area contributed by atoms with Gasteiger partial charge in [-0.3, -0.25) is 0 Å². The first-order chi connectivity index (χ1) is 11.6. The standard InChI is InChI=1S/C20H23N3O/c1-13-19(21)18(20(22)14(2)23-13)16-8-10-17(11-9-16)24-12-15-6-4-3-5-7-15/h3-11,18,23H,12,21-22H2,1-2H3. The lowest BCUT2D eigenvalue weighted by Crippen LogP contribution is -2.31. The van der Waals surface area contributed by atoms with Gasteiger partial charge in [-0.15, -0.1) is 0 Å². The van der Waals surface area contributed by atoms with Gasteiger partial charge in [-0.05, 0) is 37.1 Å². The molecule has 0 spiro atoms. The molecular weight excluding hydrogens is 298 g/mol. The zero-order valence-corrected chi connectivity index (χ0v) is 14.0. The summed E-state index contributed by atoms with van der Waals surface area (Å²) >= 11 is 0. The van der Waals surface area contributed by atoms with E-state index < -0.39 is 0 Å². The molecule has 0 saturated carbocycles. The fourth-order valence-corrected chi connectivity index (χ4v) is 2.88. The highest BCUT2D eigenvalue weighted by Crippen LogP contribution is 2.33. The van der Waals surface area contributed by atoms with Crippen LogP contribution in [0.1, 0.15) is 30.9 Å². The van der Waals surface area contributed by atoms with E-state index in [4.69, 9.17) is 16.2 Å². The van der Waals surface area contributed by atoms with Crippen LogP contribution in [-0.4, -0.2) is 0 Å². The molecule has 2 aromatic rings. The third kappa shape index (κ3) is 3.23. The van der Waals surface area contributed by atoms with Gasteiger partial charge >= 0.3 is 0 Å². The molecule has 24 heavy (non-hydrogen) atoms. The molecular formula is C20H23N3O. The van der Waals surface area contributed by atoms with Crippen LogP contribution in [0.4, 0.5) is 0 Å². The lowest BCUT2D eigenvalue weighted by molar-refractivity contribution is 0.306. The summed E-state index contributed by atoms with van der Waals surface area (Å²) in [7, 11) is 0. The topological polar surface area (TPSA) is 73.3 Å². The van der Waals surface area contributed by atoms with Crippen molar-refractivity contribution in [1.29, 1.82) is 0 Å². The lowest BCUT2D eigenvalue weighted by atomic mass is 9.89. The summed E-state index contributed by atoms with van der Waals surface area (Å²) in [6, 6.07) is 18.1. The maximum absolute atomic E-state index is 6.25. The van der Waals surface area contributed by atoms with Gasteiger partial charge < -0.3 is 21.5 Å². The Morgan fingerprint density at radius 3 is 2.04 bits per heavy atom. The van der Waals surface area contributed by atoms with Crippen LogP contribution in [0.25, 0.3) is 0 Å². The van der Waals surface area contributed by atoms with Crippen molar-refractivity contribution < 1.29 is 4.74 Å². The van der Waals surface area contributed by atoms with Crippen LogP contribution >= 0.6 is 0 Å². The van der Waals surface area contributed by atoms with Gasteiger partial charge in [-0.25, -0.2) is 0 Å². The molecule has 0 amide bonds. The predicted octanol–water partition coefficient (Wildman–Crippen LogP) is 3.33. The largest absolute Gasteiger partial charge is 0.489 e. The summed E-state index contributed by atoms with van der Waals surface area (Å²) in [6.45, 7) is 4.49. The van der Waals surface area contributed by atoms with Crippen LogP contribution in [-0.2, 0) is 6.61 Å². The SMILES string of the molecule is CC1=C(N)C(c2ccc(OCc3ccccc3)cc2)C(N)=C(C)N1. The molecule has 2 aromatic carbocycles. The van der Waals surface area contributed by atoms with Crippen molar-refractivity contribution >= 4 is 0 Å². The van der Waals surface area contributed by atoms with E-state index in [0.29, 0.717) is 6.61 Å². The van der Waals surface area contributed by atoms with Gasteiger partial charge in [0.1, 0.15) is 12.4 Å². The van der Waals surface area contributed by atoms with Gasteiger partial charge in [0.05, 0.1) is 5.92 Å². The van der Waals surface area contributed by atoms with Crippen molar-refractivity contribution in [2.24, 2.45) is 11.5 Å². The average molecular weight is 321 g/mol. The van der Waals surface area contributed by atoms with Crippen LogP contribution < -0.4 is 21.5 Å². The molecule has 4 heteroatoms. The average Bonchev–Trinajstić information content (AvgIpc) is 2.60. The van der Waals surface area contributed by atoms with Gasteiger partial charge in [0.2, 0.25) is 0 Å². The lowest BCUT2D eigenvalue weighted by Gasteiger charge is -2.28.